The number of hydrogen-bond donors (Lipinski definition) is 2. The molecule has 0 saturated carbocycles. The third-order valence-corrected chi connectivity index (χ3v) is 1.72. The summed E-state index contributed by atoms with van der Waals surface area (Å²) < 4.78 is 2.56. The van der Waals surface area contributed by atoms with Crippen molar-refractivity contribution in [1.29, 1.82) is 0 Å². The molecule has 0 fully saturated rings. The van der Waals surface area contributed by atoms with E-state index in [0.29, 0.717) is 5.75 Å². The molecular formula is C8H9Cl2NO3. The van der Waals surface area contributed by atoms with Gasteiger partial charge in [-0.25, -0.2) is 4.79 Å². The van der Waals surface area contributed by atoms with Gasteiger partial charge in [0.05, 0.1) is 0 Å². The zero-order valence-corrected chi connectivity index (χ0v) is 8.63. The van der Waals surface area contributed by atoms with Crippen LogP contribution in [0.2, 0.25) is 0 Å². The lowest BCUT2D eigenvalue weighted by molar-refractivity contribution is -0.143. The van der Waals surface area contributed by atoms with Crippen LogP contribution in [0.3, 0.4) is 0 Å². The lowest BCUT2D eigenvalue weighted by Gasteiger charge is -2.15. The Labute approximate surface area is 91.0 Å². The minimum Gasteiger partial charge on any atom is -0.476 e. The maximum atomic E-state index is 10.4. The van der Waals surface area contributed by atoms with Gasteiger partial charge in [-0.05, 0) is 35.3 Å². The van der Waals surface area contributed by atoms with Crippen molar-refractivity contribution in [2.75, 3.05) is 0 Å². The first kappa shape index (κ1) is 13.0. The first-order chi connectivity index (χ1) is 6.02. The van der Waals surface area contributed by atoms with Crippen molar-refractivity contribution in [3.63, 3.8) is 0 Å². The zero-order valence-electron chi connectivity index (χ0n) is 7.11. The second kappa shape index (κ2) is 5.05. The third kappa shape index (κ3) is 3.41. The van der Waals surface area contributed by atoms with Crippen molar-refractivity contribution in [2.24, 2.45) is 0 Å². The average molecular weight is 238 g/mol. The molecule has 78 valence electrons. The third-order valence-electron chi connectivity index (χ3n) is 1.24. The number of carbonyl (C=O) groups is 1. The number of rotatable bonds is 3. The lowest BCUT2D eigenvalue weighted by Crippen LogP contribution is -2.32. The molecule has 0 spiro atoms. The minimum atomic E-state index is -2.23. The van der Waals surface area contributed by atoms with Crippen LogP contribution in [0, 0.1) is 0 Å². The molecule has 1 aromatic carbocycles. The van der Waals surface area contributed by atoms with Gasteiger partial charge in [0, 0.05) is 0 Å². The minimum absolute atomic E-state index is 0. The molecule has 0 radical (unpaired) electrons. The van der Waals surface area contributed by atoms with E-state index in [-0.39, 0.29) is 6.15 Å². The highest BCUT2D eigenvalue weighted by Crippen LogP contribution is 2.25. The van der Waals surface area contributed by atoms with E-state index >= 15 is 0 Å². The zero-order chi connectivity index (χ0) is 9.90. The predicted octanol–water partition coefficient (Wildman–Crippen LogP) is 2.44. The molecule has 6 heteroatoms. The summed E-state index contributed by atoms with van der Waals surface area (Å²) in [6, 6.07) is 8.24. The van der Waals surface area contributed by atoms with Gasteiger partial charge in [0.15, 0.2) is 0 Å². The summed E-state index contributed by atoms with van der Waals surface area (Å²) in [6.07, 6.45) is 0. The molecule has 0 saturated heterocycles. The SMILES string of the molecule is N.O=C(O)C(Cl)(Cl)Oc1ccccc1. The molecule has 0 aromatic heterocycles. The van der Waals surface area contributed by atoms with E-state index in [4.69, 9.17) is 33.0 Å². The van der Waals surface area contributed by atoms with Gasteiger partial charge in [0.2, 0.25) is 0 Å². The molecular weight excluding hydrogens is 229 g/mol. The monoisotopic (exact) mass is 237 g/mol. The Bertz CT molecular complexity index is 303. The van der Waals surface area contributed by atoms with Gasteiger partial charge in [-0.3, -0.25) is 0 Å². The molecule has 0 aliphatic heterocycles. The van der Waals surface area contributed by atoms with E-state index in [9.17, 15) is 4.79 Å². The molecule has 4 nitrogen and oxygen atoms in total. The number of ether oxygens (including phenoxy) is 1. The van der Waals surface area contributed by atoms with E-state index in [0.717, 1.165) is 0 Å². The molecule has 0 unspecified atom stereocenters. The van der Waals surface area contributed by atoms with Crippen LogP contribution in [0.4, 0.5) is 0 Å². The summed E-state index contributed by atoms with van der Waals surface area (Å²) in [5.41, 5.74) is 0. The number of benzene rings is 1. The molecule has 4 N–H and O–H groups in total. The van der Waals surface area contributed by atoms with Crippen molar-refractivity contribution >= 4 is 29.2 Å². The number of hydrogen-bond acceptors (Lipinski definition) is 3. The van der Waals surface area contributed by atoms with Gasteiger partial charge in [-0.15, -0.1) is 0 Å². The molecule has 14 heavy (non-hydrogen) atoms. The van der Waals surface area contributed by atoms with E-state index in [1.165, 1.54) is 0 Å². The van der Waals surface area contributed by atoms with Crippen molar-refractivity contribution in [3.8, 4) is 5.75 Å². The number of carboxylic acid groups (broad SMARTS) is 1. The molecule has 0 amide bonds. The smallest absolute Gasteiger partial charge is 0.381 e. The number of para-hydroxylation sites is 1. The van der Waals surface area contributed by atoms with Crippen molar-refractivity contribution in [3.05, 3.63) is 30.3 Å². The maximum Gasteiger partial charge on any atom is 0.381 e. The van der Waals surface area contributed by atoms with Gasteiger partial charge in [-0.1, -0.05) is 18.2 Å². The summed E-state index contributed by atoms with van der Waals surface area (Å²) in [4.78, 5) is 10.4. The molecule has 0 aliphatic carbocycles. The molecule has 1 aromatic rings. The van der Waals surface area contributed by atoms with Gasteiger partial charge in [0.25, 0.3) is 0 Å². The van der Waals surface area contributed by atoms with Crippen LogP contribution in [0.25, 0.3) is 0 Å². The first-order valence-corrected chi connectivity index (χ1v) is 4.13. The van der Waals surface area contributed by atoms with E-state index in [2.05, 4.69) is 0 Å². The number of alkyl halides is 2. The largest absolute Gasteiger partial charge is 0.476 e. The van der Waals surface area contributed by atoms with Crippen molar-refractivity contribution < 1.29 is 14.6 Å². The summed E-state index contributed by atoms with van der Waals surface area (Å²) in [7, 11) is 0. The normalized spacial score (nSPS) is 10.1. The van der Waals surface area contributed by atoms with Crippen LogP contribution in [-0.2, 0) is 4.79 Å². The highest BCUT2D eigenvalue weighted by atomic mass is 35.5. The fraction of sp³-hybridized carbons (Fsp3) is 0.125. The molecule has 1 rings (SSSR count). The first-order valence-electron chi connectivity index (χ1n) is 3.37. The second-order valence-corrected chi connectivity index (χ2v) is 3.50. The quantitative estimate of drug-likeness (QED) is 0.792. The maximum absolute atomic E-state index is 10.4. The lowest BCUT2D eigenvalue weighted by atomic mass is 10.3. The topological polar surface area (TPSA) is 81.5 Å². The van der Waals surface area contributed by atoms with Gasteiger partial charge in [0.1, 0.15) is 5.75 Å². The Hall–Kier alpha value is -0.970. The van der Waals surface area contributed by atoms with Crippen molar-refractivity contribution in [2.45, 2.75) is 4.52 Å². The summed E-state index contributed by atoms with van der Waals surface area (Å²) in [5.74, 6) is -1.14. The highest BCUT2D eigenvalue weighted by Gasteiger charge is 2.36. The highest BCUT2D eigenvalue weighted by molar-refractivity contribution is 6.56. The van der Waals surface area contributed by atoms with Crippen LogP contribution in [0.15, 0.2) is 30.3 Å². The molecule has 0 aliphatic rings. The van der Waals surface area contributed by atoms with Crippen LogP contribution >= 0.6 is 23.2 Å². The second-order valence-electron chi connectivity index (χ2n) is 2.24. The fourth-order valence-electron chi connectivity index (χ4n) is 0.680. The Morgan fingerprint density at radius 1 is 1.29 bits per heavy atom. The molecule has 0 atom stereocenters. The van der Waals surface area contributed by atoms with E-state index in [1.807, 2.05) is 0 Å². The van der Waals surface area contributed by atoms with Crippen LogP contribution in [0.1, 0.15) is 0 Å². The molecule has 0 bridgehead atoms. The summed E-state index contributed by atoms with van der Waals surface area (Å²) >= 11 is 10.7. The Kier molecular flexibility index (Phi) is 4.70. The van der Waals surface area contributed by atoms with Crippen LogP contribution < -0.4 is 10.9 Å². The Morgan fingerprint density at radius 2 is 1.79 bits per heavy atom. The predicted molar refractivity (Wildman–Crippen MR) is 54.2 cm³/mol. The Balaban J connectivity index is 0.00000169. The average Bonchev–Trinajstić information content (AvgIpc) is 2.05. The standard InChI is InChI=1S/C8H6Cl2O3.H3N/c9-8(10,7(11)12)13-6-4-2-1-3-5-6;/h1-5H,(H,11,12);1H3. The van der Waals surface area contributed by atoms with Crippen LogP contribution in [-0.4, -0.2) is 15.6 Å². The van der Waals surface area contributed by atoms with Crippen molar-refractivity contribution in [1.82, 2.24) is 6.15 Å². The van der Waals surface area contributed by atoms with Crippen LogP contribution in [0.5, 0.6) is 5.75 Å². The van der Waals surface area contributed by atoms with E-state index < -0.39 is 10.5 Å². The number of aliphatic carboxylic acids is 1. The molecule has 0 heterocycles. The van der Waals surface area contributed by atoms with Gasteiger partial charge < -0.3 is 16.0 Å². The number of halogens is 2. The summed E-state index contributed by atoms with van der Waals surface area (Å²) in [6.45, 7) is 0. The number of carboxylic acids is 1. The van der Waals surface area contributed by atoms with Gasteiger partial charge >= 0.3 is 10.5 Å². The Morgan fingerprint density at radius 3 is 2.21 bits per heavy atom. The summed E-state index contributed by atoms with van der Waals surface area (Å²) in [5, 5.41) is 8.51. The fourth-order valence-corrected chi connectivity index (χ4v) is 0.858. The van der Waals surface area contributed by atoms with E-state index in [1.54, 1.807) is 30.3 Å². The van der Waals surface area contributed by atoms with Gasteiger partial charge in [-0.2, -0.15) is 0 Å².